The molecule has 0 aromatic heterocycles. The maximum Gasteiger partial charge on any atom is 0.317 e. The van der Waals surface area contributed by atoms with Crippen LogP contribution in [-0.4, -0.2) is 79.6 Å². The summed E-state index contributed by atoms with van der Waals surface area (Å²) in [5, 5.41) is 2.83. The van der Waals surface area contributed by atoms with Crippen molar-refractivity contribution in [3.63, 3.8) is 0 Å². The van der Waals surface area contributed by atoms with Crippen molar-refractivity contribution in [1.29, 1.82) is 0 Å². The summed E-state index contributed by atoms with van der Waals surface area (Å²) < 4.78 is 0. The van der Waals surface area contributed by atoms with Gasteiger partial charge in [0.05, 0.1) is 0 Å². The first-order valence-electron chi connectivity index (χ1n) is 6.27. The number of hydrogen-bond acceptors (Lipinski definition) is 3. The molecular weight excluding hydrogens is 204 g/mol. The minimum absolute atomic E-state index is 0.104. The first kappa shape index (κ1) is 11.7. The number of urea groups is 1. The number of carbonyl (C=O) groups is 1. The fraction of sp³-hybridized carbons (Fsp3) is 0.909. The van der Waals surface area contributed by atoms with Crippen LogP contribution in [0.1, 0.15) is 6.92 Å². The van der Waals surface area contributed by atoms with Gasteiger partial charge in [-0.1, -0.05) is 6.92 Å². The van der Waals surface area contributed by atoms with Crippen molar-refractivity contribution >= 4 is 6.03 Å². The first-order chi connectivity index (χ1) is 7.79. The van der Waals surface area contributed by atoms with Crippen LogP contribution in [0.4, 0.5) is 4.79 Å². The van der Waals surface area contributed by atoms with E-state index in [-0.39, 0.29) is 6.03 Å². The quantitative estimate of drug-likeness (QED) is 0.712. The Kier molecular flexibility index (Phi) is 4.01. The predicted molar refractivity (Wildman–Crippen MR) is 63.5 cm³/mol. The molecule has 5 nitrogen and oxygen atoms in total. The Bertz CT molecular complexity index is 238. The Labute approximate surface area is 97.4 Å². The van der Waals surface area contributed by atoms with Crippen molar-refractivity contribution in [1.82, 2.24) is 20.0 Å². The van der Waals surface area contributed by atoms with Crippen LogP contribution in [0.2, 0.25) is 0 Å². The van der Waals surface area contributed by atoms with Gasteiger partial charge >= 0.3 is 6.03 Å². The summed E-state index contributed by atoms with van der Waals surface area (Å²) in [5.41, 5.74) is 0. The normalized spacial score (nSPS) is 23.8. The molecule has 0 saturated carbocycles. The van der Waals surface area contributed by atoms with Gasteiger partial charge in [0.15, 0.2) is 0 Å². The molecule has 92 valence electrons. The lowest BCUT2D eigenvalue weighted by atomic mass is 10.3. The highest BCUT2D eigenvalue weighted by atomic mass is 16.2. The van der Waals surface area contributed by atoms with E-state index < -0.39 is 0 Å². The van der Waals surface area contributed by atoms with E-state index in [1.807, 2.05) is 4.90 Å². The lowest BCUT2D eigenvalue weighted by molar-refractivity contribution is 0.128. The zero-order valence-corrected chi connectivity index (χ0v) is 10.1. The third-order valence-corrected chi connectivity index (χ3v) is 3.54. The number of nitrogens with zero attached hydrogens (tertiary/aromatic N) is 3. The van der Waals surface area contributed by atoms with Crippen LogP contribution >= 0.6 is 0 Å². The third kappa shape index (κ3) is 2.86. The summed E-state index contributed by atoms with van der Waals surface area (Å²) in [5.74, 6) is 0. The van der Waals surface area contributed by atoms with Gasteiger partial charge in [0, 0.05) is 52.4 Å². The van der Waals surface area contributed by atoms with Gasteiger partial charge < -0.3 is 15.1 Å². The Hall–Kier alpha value is -0.810. The van der Waals surface area contributed by atoms with Gasteiger partial charge in [0.1, 0.15) is 0 Å². The Balaban J connectivity index is 1.65. The monoisotopic (exact) mass is 226 g/mol. The highest BCUT2D eigenvalue weighted by Gasteiger charge is 2.21. The molecule has 0 spiro atoms. The molecule has 2 heterocycles. The summed E-state index contributed by atoms with van der Waals surface area (Å²) in [7, 11) is 0. The van der Waals surface area contributed by atoms with Crippen molar-refractivity contribution < 1.29 is 4.79 Å². The Morgan fingerprint density at radius 3 is 2.31 bits per heavy atom. The number of carbonyl (C=O) groups excluding carboxylic acids is 1. The highest BCUT2D eigenvalue weighted by molar-refractivity contribution is 5.76. The molecule has 5 heteroatoms. The second kappa shape index (κ2) is 5.50. The van der Waals surface area contributed by atoms with Gasteiger partial charge in [-0.2, -0.15) is 0 Å². The van der Waals surface area contributed by atoms with E-state index >= 15 is 0 Å². The molecule has 0 bridgehead atoms. The van der Waals surface area contributed by atoms with Crippen molar-refractivity contribution in [2.75, 3.05) is 58.9 Å². The molecule has 0 unspecified atom stereocenters. The summed E-state index contributed by atoms with van der Waals surface area (Å²) in [6, 6.07) is 0.104. The Morgan fingerprint density at radius 1 is 1.06 bits per heavy atom. The van der Waals surface area contributed by atoms with E-state index in [2.05, 4.69) is 22.0 Å². The molecule has 0 aromatic rings. The van der Waals surface area contributed by atoms with Crippen molar-refractivity contribution in [2.45, 2.75) is 6.92 Å². The maximum absolute atomic E-state index is 11.3. The molecule has 2 saturated heterocycles. The largest absolute Gasteiger partial charge is 0.336 e. The molecule has 2 amide bonds. The van der Waals surface area contributed by atoms with Crippen LogP contribution in [0, 0.1) is 0 Å². The smallest absolute Gasteiger partial charge is 0.317 e. The molecule has 2 aliphatic heterocycles. The van der Waals surface area contributed by atoms with Crippen LogP contribution < -0.4 is 5.32 Å². The topological polar surface area (TPSA) is 38.8 Å². The zero-order valence-electron chi connectivity index (χ0n) is 10.1. The van der Waals surface area contributed by atoms with E-state index in [0.29, 0.717) is 0 Å². The van der Waals surface area contributed by atoms with E-state index in [1.54, 1.807) is 0 Å². The molecule has 0 aliphatic carbocycles. The van der Waals surface area contributed by atoms with Crippen LogP contribution in [-0.2, 0) is 0 Å². The van der Waals surface area contributed by atoms with Crippen LogP contribution in [0.25, 0.3) is 0 Å². The molecule has 2 aliphatic rings. The number of nitrogens with one attached hydrogen (secondary N) is 1. The fourth-order valence-electron chi connectivity index (χ4n) is 2.32. The second-order valence-corrected chi connectivity index (χ2v) is 4.49. The van der Waals surface area contributed by atoms with E-state index in [4.69, 9.17) is 0 Å². The minimum Gasteiger partial charge on any atom is -0.336 e. The van der Waals surface area contributed by atoms with Gasteiger partial charge in [0.2, 0.25) is 0 Å². The average Bonchev–Trinajstić information content (AvgIpc) is 2.73. The number of piperazine rings is 1. The van der Waals surface area contributed by atoms with Gasteiger partial charge in [0.25, 0.3) is 0 Å². The number of rotatable bonds is 4. The third-order valence-electron chi connectivity index (χ3n) is 3.54. The molecule has 0 atom stereocenters. The summed E-state index contributed by atoms with van der Waals surface area (Å²) >= 11 is 0. The summed E-state index contributed by atoms with van der Waals surface area (Å²) in [6.45, 7) is 11.6. The average molecular weight is 226 g/mol. The molecule has 0 radical (unpaired) electrons. The maximum atomic E-state index is 11.3. The van der Waals surface area contributed by atoms with Gasteiger partial charge in [-0.3, -0.25) is 4.90 Å². The molecular formula is C11H22N4O. The fourth-order valence-corrected chi connectivity index (χ4v) is 2.32. The van der Waals surface area contributed by atoms with Crippen LogP contribution in [0.15, 0.2) is 0 Å². The standard InChI is InChI=1S/C11H22N4O/c1-2-13-5-7-14(8-6-13)9-10-15-4-3-12-11(15)16/h2-10H2,1H3,(H,12,16). The summed E-state index contributed by atoms with van der Waals surface area (Å²) in [4.78, 5) is 18.2. The Morgan fingerprint density at radius 2 is 1.75 bits per heavy atom. The number of amides is 2. The highest BCUT2D eigenvalue weighted by Crippen LogP contribution is 2.02. The number of hydrogen-bond donors (Lipinski definition) is 1. The van der Waals surface area contributed by atoms with Crippen molar-refractivity contribution in [3.05, 3.63) is 0 Å². The second-order valence-electron chi connectivity index (χ2n) is 4.49. The molecule has 2 rings (SSSR count). The number of likely N-dealkylation sites (N-methyl/N-ethyl adjacent to an activating group) is 1. The SMILES string of the molecule is CCN1CCN(CCN2CCNC2=O)CC1. The van der Waals surface area contributed by atoms with Crippen molar-refractivity contribution in [2.24, 2.45) is 0 Å². The zero-order chi connectivity index (χ0) is 11.4. The first-order valence-corrected chi connectivity index (χ1v) is 6.27. The van der Waals surface area contributed by atoms with E-state index in [9.17, 15) is 4.79 Å². The van der Waals surface area contributed by atoms with Gasteiger partial charge in [-0.05, 0) is 6.54 Å². The van der Waals surface area contributed by atoms with Crippen LogP contribution in [0.5, 0.6) is 0 Å². The lowest BCUT2D eigenvalue weighted by Gasteiger charge is -2.34. The summed E-state index contributed by atoms with van der Waals surface area (Å²) in [6.07, 6.45) is 0. The van der Waals surface area contributed by atoms with E-state index in [0.717, 1.165) is 45.8 Å². The molecule has 16 heavy (non-hydrogen) atoms. The van der Waals surface area contributed by atoms with Gasteiger partial charge in [-0.15, -0.1) is 0 Å². The van der Waals surface area contributed by atoms with Crippen LogP contribution in [0.3, 0.4) is 0 Å². The minimum atomic E-state index is 0.104. The molecule has 0 aromatic carbocycles. The van der Waals surface area contributed by atoms with Gasteiger partial charge in [-0.25, -0.2) is 4.79 Å². The lowest BCUT2D eigenvalue weighted by Crippen LogP contribution is -2.48. The molecule has 1 N–H and O–H groups in total. The van der Waals surface area contributed by atoms with E-state index in [1.165, 1.54) is 13.1 Å². The predicted octanol–water partition coefficient (Wildman–Crippen LogP) is -0.351. The van der Waals surface area contributed by atoms with Crippen molar-refractivity contribution in [3.8, 4) is 0 Å². The molecule has 2 fully saturated rings.